The molecule has 5 nitrogen and oxygen atoms in total. The number of nitrogens with zero attached hydrogens (tertiary/aromatic N) is 1. The molecular weight excluding hydrogens is 373 g/mol. The predicted octanol–water partition coefficient (Wildman–Crippen LogP) is 2.39. The van der Waals surface area contributed by atoms with E-state index in [-0.39, 0.29) is 48.8 Å². The number of ether oxygens (including phenoxy) is 1. The second kappa shape index (κ2) is 11.1. The molecule has 1 aromatic carbocycles. The van der Waals surface area contributed by atoms with Crippen LogP contribution in [0.3, 0.4) is 0 Å². The maximum atomic E-state index is 12.3. The number of fused-ring (bicyclic) bond motifs is 1. The smallest absolute Gasteiger partial charge is 0.239 e. The molecule has 150 valence electrons. The zero-order chi connectivity index (χ0) is 17.7. The number of carbonyl (C=O) groups is 1. The molecule has 0 saturated heterocycles. The zero-order valence-corrected chi connectivity index (χ0v) is 17.8. The molecule has 0 radical (unpaired) electrons. The first-order valence-corrected chi connectivity index (χ1v) is 8.65. The minimum absolute atomic E-state index is 0. The number of methoxy groups -OCH3 is 1. The second-order valence-electron chi connectivity index (χ2n) is 7.74. The maximum absolute atomic E-state index is 12.3. The Balaban J connectivity index is 0.00000312. The summed E-state index contributed by atoms with van der Waals surface area (Å²) in [6, 6.07) is 8.01. The number of hydrogen-bond acceptors (Lipinski definition) is 4. The van der Waals surface area contributed by atoms with Crippen LogP contribution in [0.4, 0.5) is 0 Å². The summed E-state index contributed by atoms with van der Waals surface area (Å²) in [7, 11) is 1.56. The van der Waals surface area contributed by atoms with E-state index in [1.807, 2.05) is 0 Å². The van der Waals surface area contributed by atoms with Gasteiger partial charge in [-0.05, 0) is 23.0 Å². The number of benzene rings is 1. The highest BCUT2D eigenvalue weighted by Gasteiger charge is 2.30. The van der Waals surface area contributed by atoms with Gasteiger partial charge in [0, 0.05) is 32.8 Å². The lowest BCUT2D eigenvalue weighted by molar-refractivity contribution is -0.125. The van der Waals surface area contributed by atoms with Crippen LogP contribution in [-0.2, 0) is 22.5 Å². The molecule has 7 heteroatoms. The predicted molar refractivity (Wildman–Crippen MR) is 111 cm³/mol. The lowest BCUT2D eigenvalue weighted by atomic mass is 9.85. The Morgan fingerprint density at radius 3 is 2.46 bits per heavy atom. The highest BCUT2D eigenvalue weighted by Crippen LogP contribution is 2.24. The van der Waals surface area contributed by atoms with E-state index in [4.69, 9.17) is 10.5 Å². The van der Waals surface area contributed by atoms with E-state index in [2.05, 4.69) is 55.3 Å². The van der Waals surface area contributed by atoms with Gasteiger partial charge in [-0.1, -0.05) is 45.0 Å². The fourth-order valence-corrected chi connectivity index (χ4v) is 3.04. The first-order valence-electron chi connectivity index (χ1n) is 8.65. The molecule has 0 aliphatic carbocycles. The molecule has 0 aromatic heterocycles. The average Bonchev–Trinajstić information content (AvgIpc) is 2.53. The number of carbonyl (C=O) groups excluding carboxylic acids is 1. The van der Waals surface area contributed by atoms with Gasteiger partial charge in [0.15, 0.2) is 0 Å². The number of rotatable bonds is 6. The van der Waals surface area contributed by atoms with E-state index in [9.17, 15) is 4.79 Å². The van der Waals surface area contributed by atoms with Crippen molar-refractivity contribution in [3.63, 3.8) is 0 Å². The molecule has 26 heavy (non-hydrogen) atoms. The van der Waals surface area contributed by atoms with Crippen LogP contribution < -0.4 is 11.1 Å². The van der Waals surface area contributed by atoms with Gasteiger partial charge in [0.1, 0.15) is 6.04 Å². The number of nitrogens with one attached hydrogen (secondary N) is 1. The Bertz CT molecular complexity index is 564. The number of amides is 1. The first-order chi connectivity index (χ1) is 11.3. The molecule has 2 unspecified atom stereocenters. The fraction of sp³-hybridized carbons (Fsp3) is 0.632. The minimum atomic E-state index is -0.623. The standard InChI is InChI=1S/C19H31N3O2.2ClH/c1-19(2,3)17(21-18(23)16(20)13-24-4)12-22-10-9-14-7-5-6-8-15(14)11-22;;/h5-8,16-17H,9-13,20H2,1-4H3,(H,21,23);2*1H. The SMILES string of the molecule is COCC(N)C(=O)NC(CN1CCc2ccccc2C1)C(C)(C)C.Cl.Cl. The molecule has 1 aromatic rings. The van der Waals surface area contributed by atoms with Gasteiger partial charge in [0.25, 0.3) is 0 Å². The molecule has 2 atom stereocenters. The van der Waals surface area contributed by atoms with Crippen molar-refractivity contribution in [1.29, 1.82) is 0 Å². The zero-order valence-electron chi connectivity index (χ0n) is 16.2. The van der Waals surface area contributed by atoms with Gasteiger partial charge in [-0.3, -0.25) is 9.69 Å². The van der Waals surface area contributed by atoms with E-state index < -0.39 is 6.04 Å². The van der Waals surface area contributed by atoms with E-state index in [0.29, 0.717) is 0 Å². The largest absolute Gasteiger partial charge is 0.383 e. The third-order valence-electron chi connectivity index (χ3n) is 4.70. The van der Waals surface area contributed by atoms with E-state index in [1.165, 1.54) is 11.1 Å². The highest BCUT2D eigenvalue weighted by molar-refractivity contribution is 5.85. The fourth-order valence-electron chi connectivity index (χ4n) is 3.04. The Hall–Kier alpha value is -0.850. The molecule has 0 saturated carbocycles. The maximum Gasteiger partial charge on any atom is 0.239 e. The molecule has 1 heterocycles. The van der Waals surface area contributed by atoms with E-state index in [1.54, 1.807) is 7.11 Å². The van der Waals surface area contributed by atoms with Crippen LogP contribution in [0.15, 0.2) is 24.3 Å². The van der Waals surface area contributed by atoms with Crippen molar-refractivity contribution in [3.8, 4) is 0 Å². The van der Waals surface area contributed by atoms with Crippen molar-refractivity contribution in [2.75, 3.05) is 26.8 Å². The topological polar surface area (TPSA) is 67.6 Å². The normalized spacial score (nSPS) is 16.5. The Labute approximate surface area is 169 Å². The second-order valence-corrected chi connectivity index (χ2v) is 7.74. The Kier molecular flexibility index (Phi) is 10.7. The minimum Gasteiger partial charge on any atom is -0.383 e. The average molecular weight is 406 g/mol. The summed E-state index contributed by atoms with van der Waals surface area (Å²) in [4.78, 5) is 14.7. The van der Waals surface area contributed by atoms with Crippen molar-refractivity contribution in [2.45, 2.75) is 45.8 Å². The van der Waals surface area contributed by atoms with Crippen molar-refractivity contribution in [2.24, 2.45) is 11.1 Å². The van der Waals surface area contributed by atoms with Crippen LogP contribution in [0.5, 0.6) is 0 Å². The van der Waals surface area contributed by atoms with Crippen molar-refractivity contribution in [1.82, 2.24) is 10.2 Å². The van der Waals surface area contributed by atoms with Crippen LogP contribution >= 0.6 is 24.8 Å². The van der Waals surface area contributed by atoms with Crippen LogP contribution in [0.2, 0.25) is 0 Å². The van der Waals surface area contributed by atoms with Crippen molar-refractivity contribution >= 4 is 30.7 Å². The summed E-state index contributed by atoms with van der Waals surface area (Å²) in [6.07, 6.45) is 1.06. The van der Waals surface area contributed by atoms with E-state index >= 15 is 0 Å². The molecular formula is C19H33Cl2N3O2. The van der Waals surface area contributed by atoms with Crippen LogP contribution in [0, 0.1) is 5.41 Å². The van der Waals surface area contributed by atoms with E-state index in [0.717, 1.165) is 26.1 Å². The van der Waals surface area contributed by atoms with Gasteiger partial charge in [-0.2, -0.15) is 0 Å². The lowest BCUT2D eigenvalue weighted by Crippen LogP contribution is -2.55. The lowest BCUT2D eigenvalue weighted by Gasteiger charge is -2.38. The molecule has 2 rings (SSSR count). The molecule has 0 fully saturated rings. The summed E-state index contributed by atoms with van der Waals surface area (Å²) < 4.78 is 4.98. The van der Waals surface area contributed by atoms with Crippen molar-refractivity contribution in [3.05, 3.63) is 35.4 Å². The van der Waals surface area contributed by atoms with Gasteiger partial charge < -0.3 is 15.8 Å². The summed E-state index contributed by atoms with van der Waals surface area (Å²) in [5.74, 6) is -0.144. The Morgan fingerprint density at radius 2 is 1.88 bits per heavy atom. The van der Waals surface area contributed by atoms with Crippen LogP contribution in [-0.4, -0.2) is 49.7 Å². The number of nitrogens with two attached hydrogens (primary N) is 1. The third kappa shape index (κ3) is 7.05. The summed E-state index contributed by atoms with van der Waals surface area (Å²) >= 11 is 0. The van der Waals surface area contributed by atoms with Crippen LogP contribution in [0.25, 0.3) is 0 Å². The summed E-state index contributed by atoms with van der Waals surface area (Å²) in [6.45, 7) is 9.46. The van der Waals surface area contributed by atoms with Crippen LogP contribution in [0.1, 0.15) is 31.9 Å². The van der Waals surface area contributed by atoms with Gasteiger partial charge >= 0.3 is 0 Å². The van der Waals surface area contributed by atoms with Gasteiger partial charge in [0.2, 0.25) is 5.91 Å². The molecule has 1 amide bonds. The monoisotopic (exact) mass is 405 g/mol. The summed E-state index contributed by atoms with van der Waals surface area (Å²) in [5.41, 5.74) is 8.65. The quantitative estimate of drug-likeness (QED) is 0.762. The molecule has 1 aliphatic heterocycles. The molecule has 0 bridgehead atoms. The number of halogens is 2. The number of hydrogen-bond donors (Lipinski definition) is 2. The first kappa shape index (κ1) is 25.1. The molecule has 0 spiro atoms. The third-order valence-corrected chi connectivity index (χ3v) is 4.70. The molecule has 3 N–H and O–H groups in total. The highest BCUT2D eigenvalue weighted by atomic mass is 35.5. The van der Waals surface area contributed by atoms with Gasteiger partial charge in [-0.25, -0.2) is 0 Å². The molecule has 1 aliphatic rings. The summed E-state index contributed by atoms with van der Waals surface area (Å²) in [5, 5.41) is 3.13. The van der Waals surface area contributed by atoms with Crippen molar-refractivity contribution < 1.29 is 9.53 Å². The van der Waals surface area contributed by atoms with Gasteiger partial charge in [0.05, 0.1) is 6.61 Å². The Morgan fingerprint density at radius 1 is 1.27 bits per heavy atom. The van der Waals surface area contributed by atoms with Gasteiger partial charge in [-0.15, -0.1) is 24.8 Å².